The third-order valence-corrected chi connectivity index (χ3v) is 3.54. The van der Waals surface area contributed by atoms with E-state index < -0.39 is 6.16 Å². The van der Waals surface area contributed by atoms with Gasteiger partial charge in [0.2, 0.25) is 0 Å². The molecule has 3 atom stereocenters. The number of rotatable bonds is 0. The molecule has 80 valence electrons. The zero-order valence-electron chi connectivity index (χ0n) is 9.08. The van der Waals surface area contributed by atoms with Crippen LogP contribution in [0, 0.1) is 11.8 Å². The van der Waals surface area contributed by atoms with Crippen LogP contribution in [0.15, 0.2) is 0 Å². The first kappa shape index (κ1) is 9.81. The van der Waals surface area contributed by atoms with E-state index in [1.807, 2.05) is 13.8 Å². The van der Waals surface area contributed by atoms with Crippen LogP contribution >= 0.6 is 0 Å². The van der Waals surface area contributed by atoms with Crippen molar-refractivity contribution in [2.24, 2.45) is 11.8 Å². The number of ether oxygens (including phenoxy) is 2. The highest BCUT2D eigenvalue weighted by Gasteiger charge is 2.47. The summed E-state index contributed by atoms with van der Waals surface area (Å²) < 4.78 is 10.5. The van der Waals surface area contributed by atoms with Gasteiger partial charge in [0.25, 0.3) is 0 Å². The Morgan fingerprint density at radius 2 is 2.07 bits per heavy atom. The summed E-state index contributed by atoms with van der Waals surface area (Å²) >= 11 is 0. The van der Waals surface area contributed by atoms with Crippen molar-refractivity contribution in [3.63, 3.8) is 0 Å². The summed E-state index contributed by atoms with van der Waals surface area (Å²) in [5, 5.41) is 0. The van der Waals surface area contributed by atoms with Crippen molar-refractivity contribution < 1.29 is 14.3 Å². The Kier molecular flexibility index (Phi) is 2.20. The van der Waals surface area contributed by atoms with E-state index in [4.69, 9.17) is 9.47 Å². The molecule has 0 spiro atoms. The molecule has 14 heavy (non-hydrogen) atoms. The summed E-state index contributed by atoms with van der Waals surface area (Å²) in [4.78, 5) is 11.2. The highest BCUT2D eigenvalue weighted by molar-refractivity contribution is 5.62. The number of fused-ring (bicyclic) bond motifs is 1. The maximum atomic E-state index is 11.2. The second-order valence-electron chi connectivity index (χ2n) is 5.14. The van der Waals surface area contributed by atoms with Crippen LogP contribution in [-0.4, -0.2) is 17.9 Å². The SMILES string of the molecule is C[C@H]1CC[C@H]2[C@H](C1)OC(=O)OC2(C)C. The first-order valence-electron chi connectivity index (χ1n) is 5.38. The van der Waals surface area contributed by atoms with Crippen molar-refractivity contribution in [1.82, 2.24) is 0 Å². The van der Waals surface area contributed by atoms with Crippen LogP contribution < -0.4 is 0 Å². The van der Waals surface area contributed by atoms with E-state index in [0.717, 1.165) is 12.8 Å². The molecule has 2 rings (SSSR count). The van der Waals surface area contributed by atoms with Crippen molar-refractivity contribution in [3.8, 4) is 0 Å². The molecule has 1 aliphatic heterocycles. The molecule has 0 unspecified atom stereocenters. The molecule has 1 saturated heterocycles. The molecule has 0 aromatic carbocycles. The molecule has 0 aromatic heterocycles. The van der Waals surface area contributed by atoms with E-state index in [9.17, 15) is 4.79 Å². The molecule has 0 radical (unpaired) electrons. The Labute approximate surface area is 84.8 Å². The minimum Gasteiger partial charge on any atom is -0.430 e. The summed E-state index contributed by atoms with van der Waals surface area (Å²) in [6.07, 6.45) is 2.89. The number of carbonyl (C=O) groups excluding carboxylic acids is 1. The number of cyclic esters (lactones) is 1. The summed E-state index contributed by atoms with van der Waals surface area (Å²) in [5.74, 6) is 1.04. The minimum atomic E-state index is -0.495. The topological polar surface area (TPSA) is 35.5 Å². The average molecular weight is 198 g/mol. The number of carbonyl (C=O) groups is 1. The minimum absolute atomic E-state index is 0.0787. The van der Waals surface area contributed by atoms with Crippen LogP contribution in [0.1, 0.15) is 40.0 Å². The molecular formula is C11H18O3. The van der Waals surface area contributed by atoms with Gasteiger partial charge in [0.15, 0.2) is 0 Å². The van der Waals surface area contributed by atoms with Crippen LogP contribution in [0.5, 0.6) is 0 Å². The number of hydrogen-bond acceptors (Lipinski definition) is 3. The van der Waals surface area contributed by atoms with E-state index in [2.05, 4.69) is 6.92 Å². The Morgan fingerprint density at radius 1 is 1.36 bits per heavy atom. The Bertz CT molecular complexity index is 247. The second kappa shape index (κ2) is 3.14. The van der Waals surface area contributed by atoms with E-state index in [-0.39, 0.29) is 11.7 Å². The maximum absolute atomic E-state index is 11.2. The van der Waals surface area contributed by atoms with E-state index in [1.54, 1.807) is 0 Å². The molecule has 3 nitrogen and oxygen atoms in total. The highest BCUT2D eigenvalue weighted by atomic mass is 16.7. The molecule has 1 heterocycles. The van der Waals surface area contributed by atoms with Crippen molar-refractivity contribution in [3.05, 3.63) is 0 Å². The van der Waals surface area contributed by atoms with Gasteiger partial charge < -0.3 is 9.47 Å². The molecular weight excluding hydrogens is 180 g/mol. The zero-order valence-corrected chi connectivity index (χ0v) is 9.08. The molecule has 3 heteroatoms. The fraction of sp³-hybridized carbons (Fsp3) is 0.909. The van der Waals surface area contributed by atoms with Gasteiger partial charge in [-0.1, -0.05) is 13.3 Å². The van der Waals surface area contributed by atoms with E-state index in [1.165, 1.54) is 6.42 Å². The lowest BCUT2D eigenvalue weighted by Crippen LogP contribution is -2.52. The van der Waals surface area contributed by atoms with Gasteiger partial charge in [0, 0.05) is 5.92 Å². The average Bonchev–Trinajstić information content (AvgIpc) is 2.00. The first-order chi connectivity index (χ1) is 6.49. The van der Waals surface area contributed by atoms with Gasteiger partial charge >= 0.3 is 6.16 Å². The fourth-order valence-electron chi connectivity index (χ4n) is 2.69. The molecule has 2 fully saturated rings. The largest absolute Gasteiger partial charge is 0.509 e. The summed E-state index contributed by atoms with van der Waals surface area (Å²) in [7, 11) is 0. The van der Waals surface area contributed by atoms with Gasteiger partial charge in [0.1, 0.15) is 11.7 Å². The lowest BCUT2D eigenvalue weighted by molar-refractivity contribution is -0.158. The standard InChI is InChI=1S/C11H18O3/c1-7-4-5-8-9(6-7)13-10(12)14-11(8,2)3/h7-9H,4-6H2,1-3H3/t7-,8-,9-/m0/s1. The smallest absolute Gasteiger partial charge is 0.430 e. The summed E-state index contributed by atoms with van der Waals surface area (Å²) in [5.41, 5.74) is -0.347. The van der Waals surface area contributed by atoms with Crippen molar-refractivity contribution >= 4 is 6.16 Å². The highest BCUT2D eigenvalue weighted by Crippen LogP contribution is 2.41. The van der Waals surface area contributed by atoms with Gasteiger partial charge in [-0.25, -0.2) is 4.79 Å². The maximum Gasteiger partial charge on any atom is 0.509 e. The van der Waals surface area contributed by atoms with Gasteiger partial charge in [-0.15, -0.1) is 0 Å². The van der Waals surface area contributed by atoms with Crippen LogP contribution in [0.4, 0.5) is 4.79 Å². The normalized spacial score (nSPS) is 40.8. The van der Waals surface area contributed by atoms with Crippen LogP contribution in [-0.2, 0) is 9.47 Å². The van der Waals surface area contributed by atoms with E-state index in [0.29, 0.717) is 11.8 Å². The monoisotopic (exact) mass is 198 g/mol. The number of hydrogen-bond donors (Lipinski definition) is 0. The van der Waals surface area contributed by atoms with Crippen LogP contribution in [0.2, 0.25) is 0 Å². The van der Waals surface area contributed by atoms with Crippen molar-refractivity contribution in [2.45, 2.75) is 51.7 Å². The van der Waals surface area contributed by atoms with Crippen LogP contribution in [0.3, 0.4) is 0 Å². The second-order valence-corrected chi connectivity index (χ2v) is 5.14. The molecule has 0 N–H and O–H groups in total. The van der Waals surface area contributed by atoms with Crippen molar-refractivity contribution in [2.75, 3.05) is 0 Å². The predicted molar refractivity (Wildman–Crippen MR) is 51.9 cm³/mol. The van der Waals surface area contributed by atoms with Gasteiger partial charge in [-0.2, -0.15) is 0 Å². The summed E-state index contributed by atoms with van der Waals surface area (Å²) in [6.45, 7) is 6.19. The Hall–Kier alpha value is -0.730. The quantitative estimate of drug-likeness (QED) is 0.561. The molecule has 0 bridgehead atoms. The Morgan fingerprint density at radius 3 is 2.79 bits per heavy atom. The van der Waals surface area contributed by atoms with Crippen LogP contribution in [0.25, 0.3) is 0 Å². The summed E-state index contributed by atoms with van der Waals surface area (Å²) in [6, 6.07) is 0. The molecule has 0 aromatic rings. The van der Waals surface area contributed by atoms with Gasteiger partial charge in [-0.3, -0.25) is 0 Å². The predicted octanol–water partition coefficient (Wildman–Crippen LogP) is 2.74. The zero-order chi connectivity index (χ0) is 10.3. The first-order valence-corrected chi connectivity index (χ1v) is 5.38. The molecule has 2 aliphatic rings. The lowest BCUT2D eigenvalue weighted by atomic mass is 9.73. The Balaban J connectivity index is 2.16. The van der Waals surface area contributed by atoms with Gasteiger partial charge in [-0.05, 0) is 32.6 Å². The van der Waals surface area contributed by atoms with E-state index >= 15 is 0 Å². The van der Waals surface area contributed by atoms with Gasteiger partial charge in [0.05, 0.1) is 0 Å². The molecule has 1 saturated carbocycles. The molecule has 1 aliphatic carbocycles. The molecule has 0 amide bonds. The lowest BCUT2D eigenvalue weighted by Gasteiger charge is -2.46. The third-order valence-electron chi connectivity index (χ3n) is 3.54. The fourth-order valence-corrected chi connectivity index (χ4v) is 2.69. The van der Waals surface area contributed by atoms with Crippen molar-refractivity contribution in [1.29, 1.82) is 0 Å². The third kappa shape index (κ3) is 1.60.